The monoisotopic (exact) mass is 328 g/mol. The van der Waals surface area contributed by atoms with Gasteiger partial charge in [-0.2, -0.15) is 0 Å². The average molecular weight is 329 g/mol. The first-order valence-electron chi connectivity index (χ1n) is 6.31. The van der Waals surface area contributed by atoms with Gasteiger partial charge in [0, 0.05) is 23.6 Å². The molecule has 1 aliphatic heterocycles. The van der Waals surface area contributed by atoms with Crippen molar-refractivity contribution in [2.75, 3.05) is 27.2 Å². The summed E-state index contributed by atoms with van der Waals surface area (Å²) in [6, 6.07) is 4.90. The highest BCUT2D eigenvalue weighted by molar-refractivity contribution is 9.10. The highest BCUT2D eigenvalue weighted by atomic mass is 79.9. The summed E-state index contributed by atoms with van der Waals surface area (Å²) in [6.07, 6.45) is 0. The lowest BCUT2D eigenvalue weighted by molar-refractivity contribution is 0.0777. The van der Waals surface area contributed by atoms with Crippen LogP contribution in [-0.4, -0.2) is 48.9 Å². The van der Waals surface area contributed by atoms with E-state index in [4.69, 9.17) is 0 Å². The van der Waals surface area contributed by atoms with Crippen molar-refractivity contribution in [1.82, 2.24) is 9.80 Å². The number of likely N-dealkylation sites (N-methyl/N-ethyl adjacent to an activating group) is 1. The molecule has 1 heterocycles. The molecule has 1 amide bonds. The number of nitrogens with zero attached hydrogens (tertiary/aromatic N) is 2. The van der Waals surface area contributed by atoms with Crippen molar-refractivity contribution in [3.05, 3.63) is 34.1 Å². The molecule has 2 rings (SSSR count). The highest BCUT2D eigenvalue weighted by Gasteiger charge is 2.34. The van der Waals surface area contributed by atoms with Crippen molar-refractivity contribution in [3.63, 3.8) is 0 Å². The Balaban J connectivity index is 2.17. The van der Waals surface area contributed by atoms with Crippen LogP contribution in [0.4, 0.5) is 4.39 Å². The maximum atomic E-state index is 13.8. The molecule has 1 saturated heterocycles. The molecule has 0 N–H and O–H groups in total. The van der Waals surface area contributed by atoms with Gasteiger partial charge in [0.15, 0.2) is 0 Å². The molecule has 1 fully saturated rings. The van der Waals surface area contributed by atoms with Crippen LogP contribution in [0.1, 0.15) is 17.3 Å². The van der Waals surface area contributed by atoms with E-state index in [0.717, 1.165) is 0 Å². The fraction of sp³-hybridized carbons (Fsp3) is 0.500. The first kappa shape index (κ1) is 14.5. The minimum Gasteiger partial charge on any atom is -0.337 e. The molecular weight excluding hydrogens is 311 g/mol. The van der Waals surface area contributed by atoms with Gasteiger partial charge < -0.3 is 9.80 Å². The van der Waals surface area contributed by atoms with Gasteiger partial charge in [-0.25, -0.2) is 4.39 Å². The van der Waals surface area contributed by atoms with E-state index in [9.17, 15) is 9.18 Å². The number of carbonyl (C=O) groups excluding carboxylic acids is 1. The summed E-state index contributed by atoms with van der Waals surface area (Å²) < 4.78 is 14.5. The summed E-state index contributed by atoms with van der Waals surface area (Å²) in [7, 11) is 4.02. The van der Waals surface area contributed by atoms with Crippen molar-refractivity contribution >= 4 is 21.8 Å². The van der Waals surface area contributed by atoms with E-state index in [1.165, 1.54) is 12.1 Å². The maximum Gasteiger partial charge on any atom is 0.256 e. The lowest BCUT2D eigenvalue weighted by atomic mass is 10.1. The summed E-state index contributed by atoms with van der Waals surface area (Å²) in [4.78, 5) is 16.2. The van der Waals surface area contributed by atoms with Gasteiger partial charge in [-0.05, 0) is 38.2 Å². The number of rotatable bonds is 2. The number of carbonyl (C=O) groups is 1. The van der Waals surface area contributed by atoms with Gasteiger partial charge in [0.25, 0.3) is 5.91 Å². The first-order valence-corrected chi connectivity index (χ1v) is 7.10. The van der Waals surface area contributed by atoms with Crippen molar-refractivity contribution in [1.29, 1.82) is 0 Å². The summed E-state index contributed by atoms with van der Waals surface area (Å²) >= 11 is 3.20. The van der Waals surface area contributed by atoms with Crippen LogP contribution in [0.2, 0.25) is 0 Å². The van der Waals surface area contributed by atoms with E-state index in [1.807, 2.05) is 14.1 Å². The molecule has 0 bridgehead atoms. The van der Waals surface area contributed by atoms with Gasteiger partial charge >= 0.3 is 0 Å². The number of hydrogen-bond acceptors (Lipinski definition) is 2. The van der Waals surface area contributed by atoms with Crippen LogP contribution < -0.4 is 0 Å². The summed E-state index contributed by atoms with van der Waals surface area (Å²) in [5.41, 5.74) is 0.148. The second-order valence-corrected chi connectivity index (χ2v) is 6.26. The molecule has 1 aromatic rings. The Morgan fingerprint density at radius 1 is 1.42 bits per heavy atom. The van der Waals surface area contributed by atoms with E-state index >= 15 is 0 Å². The zero-order valence-corrected chi connectivity index (χ0v) is 12.9. The molecule has 2 atom stereocenters. The van der Waals surface area contributed by atoms with E-state index in [1.54, 1.807) is 11.0 Å². The average Bonchev–Trinajstić information content (AvgIpc) is 2.70. The number of amides is 1. The number of hydrogen-bond donors (Lipinski definition) is 0. The molecule has 1 aliphatic rings. The zero-order valence-electron chi connectivity index (χ0n) is 11.4. The van der Waals surface area contributed by atoms with E-state index in [0.29, 0.717) is 29.5 Å². The summed E-state index contributed by atoms with van der Waals surface area (Å²) in [6.45, 7) is 3.45. The first-order chi connectivity index (χ1) is 8.90. The molecular formula is C14H18BrFN2O. The molecule has 1 aromatic carbocycles. The second-order valence-electron chi connectivity index (χ2n) is 5.34. The van der Waals surface area contributed by atoms with Crippen molar-refractivity contribution in [2.45, 2.75) is 13.0 Å². The second kappa shape index (κ2) is 5.59. The van der Waals surface area contributed by atoms with Crippen LogP contribution in [0.15, 0.2) is 22.7 Å². The Labute approximate surface area is 121 Å². The Hall–Kier alpha value is -0.940. The largest absolute Gasteiger partial charge is 0.337 e. The quantitative estimate of drug-likeness (QED) is 0.833. The van der Waals surface area contributed by atoms with Crippen LogP contribution in [0.3, 0.4) is 0 Å². The van der Waals surface area contributed by atoms with Crippen molar-refractivity contribution < 1.29 is 9.18 Å². The number of halogens is 2. The minimum atomic E-state index is -0.472. The van der Waals surface area contributed by atoms with Crippen LogP contribution >= 0.6 is 15.9 Å². The fourth-order valence-electron chi connectivity index (χ4n) is 2.62. The highest BCUT2D eigenvalue weighted by Crippen LogP contribution is 2.23. The SMILES string of the molecule is CC1CN(C(=O)c2ccc(Br)cc2F)CC1N(C)C. The summed E-state index contributed by atoms with van der Waals surface area (Å²) in [5.74, 6) is -0.293. The molecule has 3 nitrogen and oxygen atoms in total. The minimum absolute atomic E-state index is 0.148. The van der Waals surface area contributed by atoms with Gasteiger partial charge in [-0.1, -0.05) is 22.9 Å². The van der Waals surface area contributed by atoms with E-state index < -0.39 is 5.82 Å². The van der Waals surface area contributed by atoms with Gasteiger partial charge in [-0.3, -0.25) is 4.79 Å². The van der Waals surface area contributed by atoms with Gasteiger partial charge in [-0.15, -0.1) is 0 Å². The van der Waals surface area contributed by atoms with Crippen LogP contribution in [0.5, 0.6) is 0 Å². The molecule has 2 unspecified atom stereocenters. The van der Waals surface area contributed by atoms with Crippen molar-refractivity contribution in [3.8, 4) is 0 Å². The lowest BCUT2D eigenvalue weighted by Gasteiger charge is -2.22. The number of benzene rings is 1. The summed E-state index contributed by atoms with van der Waals surface area (Å²) in [5, 5.41) is 0. The smallest absolute Gasteiger partial charge is 0.256 e. The molecule has 0 aliphatic carbocycles. The zero-order chi connectivity index (χ0) is 14.2. The Bertz CT molecular complexity index is 492. The topological polar surface area (TPSA) is 23.6 Å². The third-order valence-corrected chi connectivity index (χ3v) is 4.18. The van der Waals surface area contributed by atoms with E-state index in [-0.39, 0.29) is 11.5 Å². The lowest BCUT2D eigenvalue weighted by Crippen LogP contribution is -2.36. The molecule has 0 radical (unpaired) electrons. The van der Waals surface area contributed by atoms with Gasteiger partial charge in [0.1, 0.15) is 5.82 Å². The predicted octanol–water partition coefficient (Wildman–Crippen LogP) is 2.61. The Morgan fingerprint density at radius 3 is 2.63 bits per heavy atom. The Morgan fingerprint density at radius 2 is 2.11 bits per heavy atom. The molecule has 104 valence electrons. The van der Waals surface area contributed by atoms with Crippen LogP contribution in [-0.2, 0) is 0 Å². The van der Waals surface area contributed by atoms with E-state index in [2.05, 4.69) is 27.8 Å². The van der Waals surface area contributed by atoms with Gasteiger partial charge in [0.05, 0.1) is 5.56 Å². The van der Waals surface area contributed by atoms with Crippen LogP contribution in [0, 0.1) is 11.7 Å². The Kier molecular flexibility index (Phi) is 4.26. The molecule has 0 saturated carbocycles. The standard InChI is InChI=1S/C14H18BrFN2O/c1-9-7-18(8-13(9)17(2)3)14(19)11-5-4-10(15)6-12(11)16/h4-6,9,13H,7-8H2,1-3H3. The van der Waals surface area contributed by atoms with Gasteiger partial charge in [0.2, 0.25) is 0 Å². The third kappa shape index (κ3) is 2.98. The predicted molar refractivity (Wildman–Crippen MR) is 76.6 cm³/mol. The van der Waals surface area contributed by atoms with Crippen LogP contribution in [0.25, 0.3) is 0 Å². The normalized spacial score (nSPS) is 23.2. The maximum absolute atomic E-state index is 13.8. The number of likely N-dealkylation sites (tertiary alicyclic amines) is 1. The van der Waals surface area contributed by atoms with Crippen molar-refractivity contribution in [2.24, 2.45) is 5.92 Å². The molecule has 5 heteroatoms. The fourth-order valence-corrected chi connectivity index (χ4v) is 2.95. The third-order valence-electron chi connectivity index (χ3n) is 3.68. The molecule has 19 heavy (non-hydrogen) atoms. The molecule has 0 spiro atoms. The molecule has 0 aromatic heterocycles.